The van der Waals surface area contributed by atoms with Gasteiger partial charge in [-0.15, -0.1) is 0 Å². The van der Waals surface area contributed by atoms with E-state index >= 15 is 0 Å². The van der Waals surface area contributed by atoms with Crippen LogP contribution in [0.15, 0.2) is 24.3 Å². The van der Waals surface area contributed by atoms with E-state index < -0.39 is 0 Å². The van der Waals surface area contributed by atoms with E-state index in [9.17, 15) is 4.79 Å². The largest absolute Gasteiger partial charge is 0.358 e. The van der Waals surface area contributed by atoms with Crippen LogP contribution in [0.2, 0.25) is 0 Å². The third kappa shape index (κ3) is 2.95. The van der Waals surface area contributed by atoms with Crippen molar-refractivity contribution in [2.75, 3.05) is 26.2 Å². The number of H-pyrrole nitrogens is 1. The Kier molecular flexibility index (Phi) is 4.31. The van der Waals surface area contributed by atoms with Gasteiger partial charge in [0.05, 0.1) is 0 Å². The van der Waals surface area contributed by atoms with Crippen LogP contribution in [0.1, 0.15) is 36.9 Å². The lowest BCUT2D eigenvalue weighted by Crippen LogP contribution is -2.49. The van der Waals surface area contributed by atoms with Crippen LogP contribution >= 0.6 is 0 Å². The molecule has 4 heteroatoms. The summed E-state index contributed by atoms with van der Waals surface area (Å²) in [6.07, 6.45) is 4.67. The Balaban J connectivity index is 1.39. The van der Waals surface area contributed by atoms with Crippen molar-refractivity contribution in [3.63, 3.8) is 0 Å². The molecule has 1 saturated heterocycles. The number of nitrogens with zero attached hydrogens (tertiary/aromatic N) is 2. The SMILES string of the molecule is Cc1[nH]c2ccccc2c1CN1CCN(C(=O)C2CCCC2)CC1. The predicted molar refractivity (Wildman–Crippen MR) is 96.9 cm³/mol. The number of aromatic nitrogens is 1. The zero-order chi connectivity index (χ0) is 16.5. The molecule has 0 bridgehead atoms. The maximum Gasteiger partial charge on any atom is 0.225 e. The predicted octanol–water partition coefficient (Wildman–Crippen LogP) is 3.31. The maximum atomic E-state index is 12.6. The Bertz CT molecular complexity index is 722. The molecular formula is C20H27N3O. The van der Waals surface area contributed by atoms with Crippen molar-refractivity contribution in [3.05, 3.63) is 35.5 Å². The van der Waals surface area contributed by atoms with E-state index in [0.717, 1.165) is 45.6 Å². The first-order chi connectivity index (χ1) is 11.7. The first kappa shape index (κ1) is 15.7. The number of hydrogen-bond donors (Lipinski definition) is 1. The molecule has 0 atom stereocenters. The van der Waals surface area contributed by atoms with Crippen LogP contribution in [0.5, 0.6) is 0 Å². The van der Waals surface area contributed by atoms with Gasteiger partial charge in [0.25, 0.3) is 0 Å². The first-order valence-electron chi connectivity index (χ1n) is 9.29. The molecule has 1 aromatic carbocycles. The molecule has 1 amide bonds. The van der Waals surface area contributed by atoms with Crippen molar-refractivity contribution in [3.8, 4) is 0 Å². The fraction of sp³-hybridized carbons (Fsp3) is 0.550. The van der Waals surface area contributed by atoms with Crippen molar-refractivity contribution in [1.82, 2.24) is 14.8 Å². The van der Waals surface area contributed by atoms with Gasteiger partial charge >= 0.3 is 0 Å². The number of rotatable bonds is 3. The fourth-order valence-corrected chi connectivity index (χ4v) is 4.32. The summed E-state index contributed by atoms with van der Waals surface area (Å²) in [6.45, 7) is 6.87. The molecule has 4 rings (SSSR count). The molecule has 2 heterocycles. The lowest BCUT2D eigenvalue weighted by atomic mass is 10.1. The topological polar surface area (TPSA) is 39.3 Å². The molecule has 2 aliphatic rings. The number of nitrogens with one attached hydrogen (secondary N) is 1. The minimum Gasteiger partial charge on any atom is -0.358 e. The Morgan fingerprint density at radius 2 is 1.83 bits per heavy atom. The van der Waals surface area contributed by atoms with Crippen molar-refractivity contribution in [2.45, 2.75) is 39.2 Å². The second-order valence-corrected chi connectivity index (χ2v) is 7.36. The molecule has 0 spiro atoms. The molecule has 2 fully saturated rings. The highest BCUT2D eigenvalue weighted by atomic mass is 16.2. The zero-order valence-corrected chi connectivity index (χ0v) is 14.6. The van der Waals surface area contributed by atoms with Gasteiger partial charge in [-0.25, -0.2) is 0 Å². The van der Waals surface area contributed by atoms with Gasteiger partial charge in [-0.05, 0) is 31.4 Å². The van der Waals surface area contributed by atoms with Crippen LogP contribution in [0.3, 0.4) is 0 Å². The number of benzene rings is 1. The number of para-hydroxylation sites is 1. The maximum absolute atomic E-state index is 12.6. The lowest BCUT2D eigenvalue weighted by molar-refractivity contribution is -0.137. The molecule has 1 aromatic heterocycles. The third-order valence-corrected chi connectivity index (χ3v) is 5.80. The number of carbonyl (C=O) groups is 1. The summed E-state index contributed by atoms with van der Waals surface area (Å²) in [4.78, 5) is 20.6. The van der Waals surface area contributed by atoms with Gasteiger partial charge in [0.1, 0.15) is 0 Å². The van der Waals surface area contributed by atoms with E-state index in [-0.39, 0.29) is 0 Å². The van der Waals surface area contributed by atoms with E-state index in [2.05, 4.69) is 46.0 Å². The van der Waals surface area contributed by atoms with E-state index in [4.69, 9.17) is 0 Å². The number of hydrogen-bond acceptors (Lipinski definition) is 2. The number of piperazine rings is 1. The van der Waals surface area contributed by atoms with Crippen LogP contribution < -0.4 is 0 Å². The van der Waals surface area contributed by atoms with Crippen molar-refractivity contribution in [1.29, 1.82) is 0 Å². The quantitative estimate of drug-likeness (QED) is 0.940. The number of aromatic amines is 1. The second kappa shape index (κ2) is 6.60. The molecule has 1 saturated carbocycles. The average Bonchev–Trinajstić information content (AvgIpc) is 3.24. The summed E-state index contributed by atoms with van der Waals surface area (Å²) in [5, 5.41) is 1.33. The summed E-state index contributed by atoms with van der Waals surface area (Å²) in [5.74, 6) is 0.725. The Labute approximate surface area is 143 Å². The van der Waals surface area contributed by atoms with Crippen molar-refractivity contribution >= 4 is 16.8 Å². The van der Waals surface area contributed by atoms with Gasteiger partial charge in [-0.2, -0.15) is 0 Å². The van der Waals surface area contributed by atoms with Gasteiger partial charge in [-0.3, -0.25) is 9.69 Å². The number of fused-ring (bicyclic) bond motifs is 1. The molecule has 1 aliphatic carbocycles. The van der Waals surface area contributed by atoms with Gasteiger partial charge in [-0.1, -0.05) is 31.0 Å². The fourth-order valence-electron chi connectivity index (χ4n) is 4.32. The van der Waals surface area contributed by atoms with Crippen LogP contribution in [0, 0.1) is 12.8 Å². The van der Waals surface area contributed by atoms with Gasteiger partial charge in [0.2, 0.25) is 5.91 Å². The minimum absolute atomic E-state index is 0.312. The molecule has 24 heavy (non-hydrogen) atoms. The average molecular weight is 325 g/mol. The minimum atomic E-state index is 0.312. The highest BCUT2D eigenvalue weighted by Gasteiger charge is 2.29. The molecule has 2 aromatic rings. The summed E-state index contributed by atoms with van der Waals surface area (Å²) in [5.41, 5.74) is 3.89. The van der Waals surface area contributed by atoms with E-state index in [0.29, 0.717) is 11.8 Å². The summed E-state index contributed by atoms with van der Waals surface area (Å²) in [7, 11) is 0. The van der Waals surface area contributed by atoms with Gasteiger partial charge in [0, 0.05) is 55.2 Å². The Morgan fingerprint density at radius 3 is 2.58 bits per heavy atom. The van der Waals surface area contributed by atoms with Crippen molar-refractivity contribution in [2.24, 2.45) is 5.92 Å². The van der Waals surface area contributed by atoms with E-state index in [1.807, 2.05) is 0 Å². The third-order valence-electron chi connectivity index (χ3n) is 5.80. The smallest absolute Gasteiger partial charge is 0.225 e. The van der Waals surface area contributed by atoms with Crippen LogP contribution in [-0.2, 0) is 11.3 Å². The van der Waals surface area contributed by atoms with E-state index in [1.165, 1.54) is 35.0 Å². The number of aryl methyl sites for hydroxylation is 1. The zero-order valence-electron chi connectivity index (χ0n) is 14.6. The Morgan fingerprint density at radius 1 is 1.12 bits per heavy atom. The standard InChI is InChI=1S/C20H27N3O/c1-15-18(17-8-4-5-9-19(17)21-15)14-22-10-12-23(13-11-22)20(24)16-6-2-3-7-16/h4-5,8-9,16,21H,2-3,6-7,10-14H2,1H3. The van der Waals surface area contributed by atoms with Crippen LogP contribution in [-0.4, -0.2) is 46.9 Å². The summed E-state index contributed by atoms with van der Waals surface area (Å²) < 4.78 is 0. The second-order valence-electron chi connectivity index (χ2n) is 7.36. The Hall–Kier alpha value is -1.81. The van der Waals surface area contributed by atoms with Crippen LogP contribution in [0.4, 0.5) is 0 Å². The first-order valence-corrected chi connectivity index (χ1v) is 9.29. The summed E-state index contributed by atoms with van der Waals surface area (Å²) in [6, 6.07) is 8.53. The molecule has 128 valence electrons. The van der Waals surface area contributed by atoms with Crippen molar-refractivity contribution < 1.29 is 4.79 Å². The normalized spacial score (nSPS) is 20.1. The van der Waals surface area contributed by atoms with E-state index in [1.54, 1.807) is 0 Å². The molecule has 1 aliphatic heterocycles. The molecule has 0 unspecified atom stereocenters. The molecule has 1 N–H and O–H groups in total. The monoisotopic (exact) mass is 325 g/mol. The number of carbonyl (C=O) groups excluding carboxylic acids is 1. The van der Waals surface area contributed by atoms with Gasteiger partial charge < -0.3 is 9.88 Å². The lowest BCUT2D eigenvalue weighted by Gasteiger charge is -2.36. The molecule has 0 radical (unpaired) electrons. The molecular weight excluding hydrogens is 298 g/mol. The highest BCUT2D eigenvalue weighted by molar-refractivity contribution is 5.84. The number of amides is 1. The van der Waals surface area contributed by atoms with Gasteiger partial charge in [0.15, 0.2) is 0 Å². The van der Waals surface area contributed by atoms with Crippen LogP contribution in [0.25, 0.3) is 10.9 Å². The molecule has 4 nitrogen and oxygen atoms in total. The summed E-state index contributed by atoms with van der Waals surface area (Å²) >= 11 is 0. The highest BCUT2D eigenvalue weighted by Crippen LogP contribution is 2.27.